The first-order chi connectivity index (χ1) is 13.0. The summed E-state index contributed by atoms with van der Waals surface area (Å²) < 4.78 is 11.8. The van der Waals surface area contributed by atoms with Crippen LogP contribution in [0.25, 0.3) is 22.7 Å². The van der Waals surface area contributed by atoms with Crippen molar-refractivity contribution in [3.05, 3.63) is 51.3 Å². The summed E-state index contributed by atoms with van der Waals surface area (Å²) in [5.74, 6) is 1.79. The van der Waals surface area contributed by atoms with Crippen molar-refractivity contribution in [2.24, 2.45) is 0 Å². The summed E-state index contributed by atoms with van der Waals surface area (Å²) in [5, 5.41) is 9.67. The number of hydrogen-bond acceptors (Lipinski definition) is 4. The lowest BCUT2D eigenvalue weighted by molar-refractivity contribution is 0.310. The smallest absolute Gasteiger partial charge is 0.174 e. The summed E-state index contributed by atoms with van der Waals surface area (Å²) in [7, 11) is 1.59. The zero-order valence-electron chi connectivity index (χ0n) is 15.7. The van der Waals surface area contributed by atoms with Gasteiger partial charge in [0.2, 0.25) is 0 Å². The number of allylic oxidation sites excluding steroid dienone is 1. The molecule has 0 fully saturated rings. The molecule has 0 bridgehead atoms. The van der Waals surface area contributed by atoms with E-state index < -0.39 is 0 Å². The van der Waals surface area contributed by atoms with Gasteiger partial charge < -0.3 is 14.5 Å². The predicted molar refractivity (Wildman–Crippen MR) is 111 cm³/mol. The third-order valence-electron chi connectivity index (χ3n) is 4.32. The molecule has 5 nitrogen and oxygen atoms in total. The second kappa shape index (κ2) is 7.85. The van der Waals surface area contributed by atoms with Crippen LogP contribution in [0, 0.1) is 25.2 Å². The Balaban J connectivity index is 2.08. The van der Waals surface area contributed by atoms with Gasteiger partial charge in [-0.15, -0.1) is 0 Å². The SMILES string of the molecule is CCOc1cc(/C=C(\C#N)c2nc3cc(C)c(C)cc3[nH]2)cc(Br)c1OC. The number of rotatable bonds is 5. The lowest BCUT2D eigenvalue weighted by Crippen LogP contribution is -1.97. The van der Waals surface area contributed by atoms with E-state index >= 15 is 0 Å². The molecule has 0 saturated carbocycles. The number of halogens is 1. The number of nitrogens with one attached hydrogen (secondary N) is 1. The summed E-state index contributed by atoms with van der Waals surface area (Å²) >= 11 is 3.50. The van der Waals surface area contributed by atoms with Crippen LogP contribution in [0.2, 0.25) is 0 Å². The molecule has 1 N–H and O–H groups in total. The molecule has 0 radical (unpaired) electrons. The zero-order chi connectivity index (χ0) is 19.6. The maximum atomic E-state index is 9.67. The van der Waals surface area contributed by atoms with Crippen molar-refractivity contribution < 1.29 is 9.47 Å². The van der Waals surface area contributed by atoms with E-state index in [1.54, 1.807) is 13.2 Å². The fourth-order valence-corrected chi connectivity index (χ4v) is 3.47. The van der Waals surface area contributed by atoms with E-state index in [0.717, 1.165) is 21.1 Å². The quantitative estimate of drug-likeness (QED) is 0.554. The first-order valence-corrected chi connectivity index (χ1v) is 9.35. The maximum Gasteiger partial charge on any atom is 0.174 e. The van der Waals surface area contributed by atoms with Gasteiger partial charge in [-0.2, -0.15) is 5.26 Å². The average molecular weight is 426 g/mol. The monoisotopic (exact) mass is 425 g/mol. The predicted octanol–water partition coefficient (Wildman–Crippen LogP) is 5.41. The number of nitriles is 1. The van der Waals surface area contributed by atoms with Crippen molar-refractivity contribution in [2.75, 3.05) is 13.7 Å². The molecule has 0 atom stereocenters. The minimum absolute atomic E-state index is 0.445. The van der Waals surface area contributed by atoms with Gasteiger partial charge in [-0.25, -0.2) is 4.98 Å². The van der Waals surface area contributed by atoms with Crippen molar-refractivity contribution in [3.63, 3.8) is 0 Å². The molecule has 0 unspecified atom stereocenters. The Labute approximate surface area is 166 Å². The molecule has 0 saturated heterocycles. The lowest BCUT2D eigenvalue weighted by atomic mass is 10.1. The highest BCUT2D eigenvalue weighted by atomic mass is 79.9. The van der Waals surface area contributed by atoms with Crippen molar-refractivity contribution >= 4 is 38.6 Å². The number of aromatic nitrogens is 2. The Morgan fingerprint density at radius 1 is 1.26 bits per heavy atom. The van der Waals surface area contributed by atoms with Gasteiger partial charge in [0.15, 0.2) is 11.5 Å². The number of methoxy groups -OCH3 is 1. The van der Waals surface area contributed by atoms with Crippen LogP contribution in [0.5, 0.6) is 11.5 Å². The van der Waals surface area contributed by atoms with Crippen LogP contribution in [0.15, 0.2) is 28.7 Å². The molecule has 0 aliphatic carbocycles. The molecule has 0 spiro atoms. The maximum absolute atomic E-state index is 9.67. The number of hydrogen-bond donors (Lipinski definition) is 1. The Hall–Kier alpha value is -2.78. The van der Waals surface area contributed by atoms with Crippen LogP contribution in [0.3, 0.4) is 0 Å². The number of imidazole rings is 1. The van der Waals surface area contributed by atoms with E-state index in [1.807, 2.05) is 38.1 Å². The summed E-state index contributed by atoms with van der Waals surface area (Å²) in [6, 6.07) is 10.0. The largest absolute Gasteiger partial charge is 0.492 e. The van der Waals surface area contributed by atoms with E-state index in [0.29, 0.717) is 29.5 Å². The van der Waals surface area contributed by atoms with E-state index in [1.165, 1.54) is 11.1 Å². The van der Waals surface area contributed by atoms with Crippen LogP contribution in [0.1, 0.15) is 29.4 Å². The fourth-order valence-electron chi connectivity index (χ4n) is 2.85. The number of aryl methyl sites for hydroxylation is 2. The van der Waals surface area contributed by atoms with E-state index in [-0.39, 0.29) is 0 Å². The second-order valence-electron chi connectivity index (χ2n) is 6.18. The van der Waals surface area contributed by atoms with E-state index in [2.05, 4.69) is 38.9 Å². The lowest BCUT2D eigenvalue weighted by Gasteiger charge is -2.12. The van der Waals surface area contributed by atoms with Crippen molar-refractivity contribution in [3.8, 4) is 17.6 Å². The molecule has 27 heavy (non-hydrogen) atoms. The summed E-state index contributed by atoms with van der Waals surface area (Å²) in [6.45, 7) is 6.53. The molecule has 6 heteroatoms. The van der Waals surface area contributed by atoms with Crippen LogP contribution in [-0.4, -0.2) is 23.7 Å². The first-order valence-electron chi connectivity index (χ1n) is 8.56. The van der Waals surface area contributed by atoms with Gasteiger partial charge in [0.05, 0.1) is 34.8 Å². The molecule has 1 heterocycles. The molecular formula is C21H20BrN3O2. The molecule has 0 amide bonds. The van der Waals surface area contributed by atoms with Gasteiger partial charge in [0, 0.05) is 0 Å². The van der Waals surface area contributed by atoms with Crippen LogP contribution in [0.4, 0.5) is 0 Å². The molecule has 3 aromatic rings. The minimum Gasteiger partial charge on any atom is -0.492 e. The third kappa shape index (κ3) is 3.83. The number of aromatic amines is 1. The van der Waals surface area contributed by atoms with Gasteiger partial charge in [-0.3, -0.25) is 0 Å². The molecule has 1 aromatic heterocycles. The second-order valence-corrected chi connectivity index (χ2v) is 7.03. The van der Waals surface area contributed by atoms with Gasteiger partial charge in [0.1, 0.15) is 11.9 Å². The topological polar surface area (TPSA) is 70.9 Å². The van der Waals surface area contributed by atoms with Crippen LogP contribution < -0.4 is 9.47 Å². The molecule has 2 aromatic carbocycles. The third-order valence-corrected chi connectivity index (χ3v) is 4.91. The first kappa shape index (κ1) is 19.0. The van der Waals surface area contributed by atoms with E-state index in [4.69, 9.17) is 9.47 Å². The number of ether oxygens (including phenoxy) is 2. The zero-order valence-corrected chi connectivity index (χ0v) is 17.3. The Bertz CT molecular complexity index is 1040. The van der Waals surface area contributed by atoms with Crippen LogP contribution >= 0.6 is 15.9 Å². The van der Waals surface area contributed by atoms with Crippen molar-refractivity contribution in [1.29, 1.82) is 5.26 Å². The summed E-state index contributed by atoms with van der Waals surface area (Å²) in [6.07, 6.45) is 1.78. The highest BCUT2D eigenvalue weighted by Gasteiger charge is 2.13. The molecule has 0 aliphatic heterocycles. The summed E-state index contributed by atoms with van der Waals surface area (Å²) in [4.78, 5) is 7.83. The number of nitrogens with zero attached hydrogens (tertiary/aromatic N) is 2. The van der Waals surface area contributed by atoms with Gasteiger partial charge >= 0.3 is 0 Å². The van der Waals surface area contributed by atoms with Crippen molar-refractivity contribution in [1.82, 2.24) is 9.97 Å². The molecular weight excluding hydrogens is 406 g/mol. The van der Waals surface area contributed by atoms with Gasteiger partial charge in [-0.05, 0) is 83.7 Å². The Morgan fingerprint density at radius 2 is 2.00 bits per heavy atom. The summed E-state index contributed by atoms with van der Waals surface area (Å²) in [5.41, 5.74) is 5.38. The molecule has 0 aliphatic rings. The van der Waals surface area contributed by atoms with Crippen LogP contribution in [-0.2, 0) is 0 Å². The Kier molecular flexibility index (Phi) is 5.52. The van der Waals surface area contributed by atoms with Crippen molar-refractivity contribution in [2.45, 2.75) is 20.8 Å². The number of benzene rings is 2. The van der Waals surface area contributed by atoms with Gasteiger partial charge in [0.25, 0.3) is 0 Å². The van der Waals surface area contributed by atoms with E-state index in [9.17, 15) is 5.26 Å². The highest BCUT2D eigenvalue weighted by Crippen LogP contribution is 2.37. The average Bonchev–Trinajstić information content (AvgIpc) is 3.02. The number of H-pyrrole nitrogens is 1. The Morgan fingerprint density at radius 3 is 2.67 bits per heavy atom. The highest BCUT2D eigenvalue weighted by molar-refractivity contribution is 9.10. The number of fused-ring (bicyclic) bond motifs is 1. The van der Waals surface area contributed by atoms with Gasteiger partial charge in [-0.1, -0.05) is 0 Å². The minimum atomic E-state index is 0.445. The normalized spacial score (nSPS) is 11.5. The standard InChI is InChI=1S/C21H20BrN3O2/c1-5-27-19-10-14(9-16(22)20(19)26-4)8-15(11-23)21-24-17-6-12(2)13(3)7-18(17)25-21/h6-10H,5H2,1-4H3,(H,24,25)/b15-8+. The molecule has 138 valence electrons. The fraction of sp³-hybridized carbons (Fsp3) is 0.238. The molecule has 3 rings (SSSR count).